The molecule has 0 amide bonds. The number of nitrogens with zero attached hydrogens (tertiary/aromatic N) is 5. The molecule has 3 rings (SSSR count). The Morgan fingerprint density at radius 2 is 1.97 bits per heavy atom. The Hall–Kier alpha value is -3.69. The van der Waals surface area contributed by atoms with Gasteiger partial charge in [-0.1, -0.05) is 13.3 Å². The number of hydrogen-bond acceptors (Lipinski definition) is 8. The molecule has 0 atom stereocenters. The second-order valence-electron chi connectivity index (χ2n) is 6.61. The SMILES string of the molecule is CCCCOc1ccc(Nc2ncnc(NCCCn3ccnc3)c2[N+](=O)[O-])cc1. The highest BCUT2D eigenvalue weighted by molar-refractivity contribution is 5.73. The first-order valence-electron chi connectivity index (χ1n) is 9.86. The molecule has 10 heteroatoms. The first-order chi connectivity index (χ1) is 14.7. The zero-order chi connectivity index (χ0) is 21.2. The average Bonchev–Trinajstić information content (AvgIpc) is 3.26. The van der Waals surface area contributed by atoms with Gasteiger partial charge in [-0.15, -0.1) is 0 Å². The van der Waals surface area contributed by atoms with Crippen LogP contribution in [0.2, 0.25) is 0 Å². The molecule has 0 bridgehead atoms. The summed E-state index contributed by atoms with van der Waals surface area (Å²) in [5, 5.41) is 17.7. The number of unbranched alkanes of at least 4 members (excludes halogenated alkanes) is 1. The molecule has 0 radical (unpaired) electrons. The Balaban J connectivity index is 1.64. The summed E-state index contributed by atoms with van der Waals surface area (Å²) in [5.41, 5.74) is 0.481. The Morgan fingerprint density at radius 3 is 2.67 bits per heavy atom. The number of anilines is 3. The van der Waals surface area contributed by atoms with Crippen LogP contribution < -0.4 is 15.4 Å². The Bertz CT molecular complexity index is 930. The van der Waals surface area contributed by atoms with E-state index in [0.29, 0.717) is 18.8 Å². The zero-order valence-electron chi connectivity index (χ0n) is 16.8. The monoisotopic (exact) mass is 411 g/mol. The molecule has 0 saturated carbocycles. The number of hydrogen-bond donors (Lipinski definition) is 2. The van der Waals surface area contributed by atoms with Crippen molar-refractivity contribution in [3.8, 4) is 5.75 Å². The van der Waals surface area contributed by atoms with Crippen molar-refractivity contribution in [2.75, 3.05) is 23.8 Å². The third-order valence-corrected chi connectivity index (χ3v) is 4.33. The van der Waals surface area contributed by atoms with E-state index >= 15 is 0 Å². The predicted octanol–water partition coefficient (Wildman–Crippen LogP) is 4.01. The molecule has 0 aliphatic carbocycles. The van der Waals surface area contributed by atoms with Crippen LogP contribution in [0.3, 0.4) is 0 Å². The second-order valence-corrected chi connectivity index (χ2v) is 6.61. The quantitative estimate of drug-likeness (QED) is 0.261. The molecule has 0 fully saturated rings. The van der Waals surface area contributed by atoms with Gasteiger partial charge in [-0.2, -0.15) is 0 Å². The molecule has 0 unspecified atom stereocenters. The number of benzene rings is 1. The second kappa shape index (κ2) is 10.7. The number of imidazole rings is 1. The van der Waals surface area contributed by atoms with Crippen molar-refractivity contribution in [1.82, 2.24) is 19.5 Å². The molecule has 3 aromatic rings. The molecule has 10 nitrogen and oxygen atoms in total. The minimum absolute atomic E-state index is 0.131. The molecule has 2 aromatic heterocycles. The van der Waals surface area contributed by atoms with Crippen molar-refractivity contribution in [2.45, 2.75) is 32.7 Å². The third-order valence-electron chi connectivity index (χ3n) is 4.33. The van der Waals surface area contributed by atoms with Crippen molar-refractivity contribution in [1.29, 1.82) is 0 Å². The van der Waals surface area contributed by atoms with Gasteiger partial charge < -0.3 is 19.9 Å². The lowest BCUT2D eigenvalue weighted by Gasteiger charge is -2.11. The van der Waals surface area contributed by atoms with E-state index in [0.717, 1.165) is 31.6 Å². The summed E-state index contributed by atoms with van der Waals surface area (Å²) in [7, 11) is 0. The van der Waals surface area contributed by atoms with Crippen molar-refractivity contribution in [2.24, 2.45) is 0 Å². The first-order valence-corrected chi connectivity index (χ1v) is 9.86. The van der Waals surface area contributed by atoms with Crippen LogP contribution in [-0.2, 0) is 6.54 Å². The molecular weight excluding hydrogens is 386 g/mol. The first kappa shape index (κ1) is 21.0. The van der Waals surface area contributed by atoms with Crippen molar-refractivity contribution < 1.29 is 9.66 Å². The highest BCUT2D eigenvalue weighted by Crippen LogP contribution is 2.31. The lowest BCUT2D eigenvalue weighted by Crippen LogP contribution is -2.10. The number of ether oxygens (including phenoxy) is 1. The molecule has 0 aliphatic heterocycles. The Morgan fingerprint density at radius 1 is 1.17 bits per heavy atom. The number of aryl methyl sites for hydroxylation is 1. The van der Waals surface area contributed by atoms with Crippen molar-refractivity contribution >= 4 is 23.0 Å². The predicted molar refractivity (Wildman–Crippen MR) is 114 cm³/mol. The highest BCUT2D eigenvalue weighted by Gasteiger charge is 2.22. The molecular formula is C20H25N7O3. The summed E-state index contributed by atoms with van der Waals surface area (Å²) in [6, 6.07) is 7.23. The number of nitrogens with one attached hydrogen (secondary N) is 2. The van der Waals surface area contributed by atoms with Crippen LogP contribution in [0.25, 0.3) is 0 Å². The molecule has 0 aliphatic rings. The molecule has 0 spiro atoms. The van der Waals surface area contributed by atoms with Gasteiger partial charge in [-0.25, -0.2) is 15.0 Å². The molecule has 30 heavy (non-hydrogen) atoms. The molecule has 2 heterocycles. The van der Waals surface area contributed by atoms with Gasteiger partial charge in [0, 0.05) is 31.2 Å². The van der Waals surface area contributed by atoms with E-state index in [2.05, 4.69) is 32.5 Å². The maximum absolute atomic E-state index is 11.7. The lowest BCUT2D eigenvalue weighted by molar-refractivity contribution is -0.383. The number of aromatic nitrogens is 4. The summed E-state index contributed by atoms with van der Waals surface area (Å²) in [4.78, 5) is 23.3. The summed E-state index contributed by atoms with van der Waals surface area (Å²) >= 11 is 0. The summed E-state index contributed by atoms with van der Waals surface area (Å²) < 4.78 is 7.58. The van der Waals surface area contributed by atoms with Gasteiger partial charge >= 0.3 is 5.69 Å². The highest BCUT2D eigenvalue weighted by atomic mass is 16.6. The summed E-state index contributed by atoms with van der Waals surface area (Å²) in [5.74, 6) is 1.07. The van der Waals surface area contributed by atoms with Crippen LogP contribution in [0.5, 0.6) is 5.75 Å². The molecule has 2 N–H and O–H groups in total. The van der Waals surface area contributed by atoms with Gasteiger partial charge in [-0.3, -0.25) is 10.1 Å². The van der Waals surface area contributed by atoms with E-state index < -0.39 is 4.92 Å². The maximum atomic E-state index is 11.7. The van der Waals surface area contributed by atoms with Crippen LogP contribution in [0.4, 0.5) is 23.0 Å². The molecule has 158 valence electrons. The fourth-order valence-electron chi connectivity index (χ4n) is 2.77. The smallest absolute Gasteiger partial charge is 0.353 e. The topological polar surface area (TPSA) is 120 Å². The third kappa shape index (κ3) is 5.90. The van der Waals surface area contributed by atoms with E-state index in [1.807, 2.05) is 22.9 Å². The van der Waals surface area contributed by atoms with E-state index in [4.69, 9.17) is 4.74 Å². The van der Waals surface area contributed by atoms with Crippen molar-refractivity contribution in [3.05, 3.63) is 59.4 Å². The van der Waals surface area contributed by atoms with Crippen LogP contribution in [0.1, 0.15) is 26.2 Å². The van der Waals surface area contributed by atoms with E-state index in [-0.39, 0.29) is 17.3 Å². The minimum Gasteiger partial charge on any atom is -0.494 e. The molecule has 0 saturated heterocycles. The van der Waals surface area contributed by atoms with Gasteiger partial charge in [0.1, 0.15) is 12.1 Å². The fraction of sp³-hybridized carbons (Fsp3) is 0.350. The Kier molecular flexibility index (Phi) is 7.53. The van der Waals surface area contributed by atoms with Crippen molar-refractivity contribution in [3.63, 3.8) is 0 Å². The van der Waals surface area contributed by atoms with Gasteiger partial charge in [0.25, 0.3) is 0 Å². The van der Waals surface area contributed by atoms with Crippen LogP contribution in [0, 0.1) is 10.1 Å². The molecule has 1 aromatic carbocycles. The van der Waals surface area contributed by atoms with Gasteiger partial charge in [-0.05, 0) is 37.1 Å². The minimum atomic E-state index is -0.483. The van der Waals surface area contributed by atoms with Gasteiger partial charge in [0.05, 0.1) is 17.9 Å². The van der Waals surface area contributed by atoms with E-state index in [1.54, 1.807) is 24.7 Å². The maximum Gasteiger partial charge on any atom is 0.353 e. The standard InChI is InChI=1S/C20H25N7O3/c1-2-3-13-30-17-7-5-16(6-8-17)25-20-18(27(28)29)19(23-14-24-20)22-9-4-11-26-12-10-21-15-26/h5-8,10,12,14-15H,2-4,9,11,13H2,1H3,(H2,22,23,24,25). The van der Waals surface area contributed by atoms with Crippen LogP contribution in [-0.4, -0.2) is 37.6 Å². The normalized spacial score (nSPS) is 10.6. The van der Waals surface area contributed by atoms with Crippen LogP contribution >= 0.6 is 0 Å². The largest absolute Gasteiger partial charge is 0.494 e. The average molecular weight is 411 g/mol. The van der Waals surface area contributed by atoms with E-state index in [1.165, 1.54) is 6.33 Å². The fourth-order valence-corrected chi connectivity index (χ4v) is 2.77. The van der Waals surface area contributed by atoms with Gasteiger partial charge in [0.2, 0.25) is 11.6 Å². The summed E-state index contributed by atoms with van der Waals surface area (Å²) in [6.45, 7) is 4.05. The number of nitro groups is 1. The lowest BCUT2D eigenvalue weighted by atomic mass is 10.3. The Labute approximate surface area is 174 Å². The van der Waals surface area contributed by atoms with Crippen LogP contribution in [0.15, 0.2) is 49.3 Å². The van der Waals surface area contributed by atoms with Gasteiger partial charge in [0.15, 0.2) is 0 Å². The zero-order valence-corrected chi connectivity index (χ0v) is 16.8. The summed E-state index contributed by atoms with van der Waals surface area (Å²) in [6.07, 6.45) is 9.44. The van der Waals surface area contributed by atoms with E-state index in [9.17, 15) is 10.1 Å². The number of rotatable bonds is 12.